The number of piperidine rings is 1. The van der Waals surface area contributed by atoms with Crippen molar-refractivity contribution in [3.05, 3.63) is 72.9 Å². The largest absolute Gasteiger partial charge is 0.345 e. The van der Waals surface area contributed by atoms with Gasteiger partial charge in [0.25, 0.3) is 5.91 Å². The van der Waals surface area contributed by atoms with Crippen LogP contribution in [0.25, 0.3) is 0 Å². The molecule has 0 saturated carbocycles. The molecule has 4 heteroatoms. The van der Waals surface area contributed by atoms with Gasteiger partial charge in [0, 0.05) is 32.6 Å². The van der Waals surface area contributed by atoms with Crippen LogP contribution in [0.5, 0.6) is 0 Å². The SMILES string of the molecule is C=C/C(=C\C(=C)C(=C)/C=C\C(=C)CN1CCC(C)(CC#N)CC1)C(=O)N(C)C. The minimum atomic E-state index is -0.120. The van der Waals surface area contributed by atoms with Gasteiger partial charge < -0.3 is 4.90 Å². The standard InChI is InChI=1S/C24H33N3O/c1-8-22(23(28)26(6)7)17-21(4)20(3)10-9-19(2)18-27-15-12-24(5,11-14-25)13-16-27/h8-10,17H,1-4,11-13,15-16,18H2,5-7H3/b10-9-,22-17+. The van der Waals surface area contributed by atoms with E-state index in [0.29, 0.717) is 17.6 Å². The molecule has 1 aliphatic heterocycles. The van der Waals surface area contributed by atoms with E-state index in [9.17, 15) is 4.79 Å². The Hall–Kier alpha value is -2.64. The number of carbonyl (C=O) groups is 1. The van der Waals surface area contributed by atoms with E-state index in [0.717, 1.165) is 43.6 Å². The number of nitrogens with zero attached hydrogens (tertiary/aromatic N) is 3. The Morgan fingerprint density at radius 2 is 1.79 bits per heavy atom. The molecule has 28 heavy (non-hydrogen) atoms. The maximum Gasteiger partial charge on any atom is 0.253 e. The van der Waals surface area contributed by atoms with Crippen molar-refractivity contribution in [2.24, 2.45) is 5.41 Å². The summed E-state index contributed by atoms with van der Waals surface area (Å²) in [6, 6.07) is 2.31. The Morgan fingerprint density at radius 1 is 1.18 bits per heavy atom. The fourth-order valence-electron chi connectivity index (χ4n) is 3.03. The maximum absolute atomic E-state index is 12.1. The third kappa shape index (κ3) is 7.17. The number of hydrogen-bond acceptors (Lipinski definition) is 3. The van der Waals surface area contributed by atoms with Gasteiger partial charge in [-0.1, -0.05) is 51.5 Å². The molecule has 0 aromatic rings. The van der Waals surface area contributed by atoms with Gasteiger partial charge in [0.1, 0.15) is 0 Å². The highest BCUT2D eigenvalue weighted by Gasteiger charge is 2.29. The predicted molar refractivity (Wildman–Crippen MR) is 118 cm³/mol. The van der Waals surface area contributed by atoms with E-state index < -0.39 is 0 Å². The fourth-order valence-corrected chi connectivity index (χ4v) is 3.03. The van der Waals surface area contributed by atoms with Gasteiger partial charge in [0.2, 0.25) is 0 Å². The Morgan fingerprint density at radius 3 is 2.29 bits per heavy atom. The van der Waals surface area contributed by atoms with E-state index >= 15 is 0 Å². The molecule has 0 unspecified atom stereocenters. The van der Waals surface area contributed by atoms with Crippen LogP contribution in [0.2, 0.25) is 0 Å². The van der Waals surface area contributed by atoms with Crippen molar-refractivity contribution >= 4 is 5.91 Å². The first-order valence-electron chi connectivity index (χ1n) is 9.51. The van der Waals surface area contributed by atoms with Crippen LogP contribution < -0.4 is 0 Å². The lowest BCUT2D eigenvalue weighted by molar-refractivity contribution is -0.124. The lowest BCUT2D eigenvalue weighted by Gasteiger charge is -2.38. The highest BCUT2D eigenvalue weighted by atomic mass is 16.2. The zero-order valence-electron chi connectivity index (χ0n) is 17.6. The smallest absolute Gasteiger partial charge is 0.253 e. The zero-order chi connectivity index (χ0) is 21.3. The molecule has 150 valence electrons. The summed E-state index contributed by atoms with van der Waals surface area (Å²) in [4.78, 5) is 15.9. The summed E-state index contributed by atoms with van der Waals surface area (Å²) < 4.78 is 0. The molecule has 0 aromatic heterocycles. The van der Waals surface area contributed by atoms with Crippen molar-refractivity contribution in [2.45, 2.75) is 26.2 Å². The van der Waals surface area contributed by atoms with E-state index in [1.54, 1.807) is 20.2 Å². The van der Waals surface area contributed by atoms with Crippen molar-refractivity contribution in [1.82, 2.24) is 9.80 Å². The molecule has 0 aromatic carbocycles. The predicted octanol–water partition coefficient (Wildman–Crippen LogP) is 4.43. The Labute approximate surface area is 170 Å². The average molecular weight is 380 g/mol. The van der Waals surface area contributed by atoms with Crippen LogP contribution in [-0.4, -0.2) is 49.4 Å². The molecule has 0 spiro atoms. The fraction of sp³-hybridized carbons (Fsp3) is 0.417. The molecule has 1 amide bonds. The van der Waals surface area contributed by atoms with Crippen molar-refractivity contribution in [2.75, 3.05) is 33.7 Å². The second kappa shape index (κ2) is 10.6. The van der Waals surface area contributed by atoms with Gasteiger partial charge in [0.15, 0.2) is 0 Å². The normalized spacial score (nSPS) is 17.0. The number of likely N-dealkylation sites (tertiary alicyclic amines) is 1. The van der Waals surface area contributed by atoms with Crippen LogP contribution in [0, 0.1) is 16.7 Å². The maximum atomic E-state index is 12.1. The second-order valence-corrected chi connectivity index (χ2v) is 7.97. The number of amides is 1. The van der Waals surface area contributed by atoms with E-state index in [2.05, 4.69) is 44.2 Å². The van der Waals surface area contributed by atoms with Gasteiger partial charge in [-0.25, -0.2) is 0 Å². The summed E-state index contributed by atoms with van der Waals surface area (Å²) in [7, 11) is 3.40. The van der Waals surface area contributed by atoms with E-state index in [1.165, 1.54) is 11.0 Å². The Balaban J connectivity index is 2.59. The minimum Gasteiger partial charge on any atom is -0.345 e. The van der Waals surface area contributed by atoms with Crippen molar-refractivity contribution in [1.29, 1.82) is 5.26 Å². The summed E-state index contributed by atoms with van der Waals surface area (Å²) in [5.41, 5.74) is 3.02. The molecule has 1 rings (SSSR count). The van der Waals surface area contributed by atoms with Gasteiger partial charge in [-0.3, -0.25) is 9.69 Å². The van der Waals surface area contributed by atoms with Gasteiger partial charge in [0.05, 0.1) is 6.07 Å². The number of carbonyl (C=O) groups excluding carboxylic acids is 1. The third-order valence-electron chi connectivity index (χ3n) is 5.13. The lowest BCUT2D eigenvalue weighted by atomic mass is 9.78. The van der Waals surface area contributed by atoms with Gasteiger partial charge >= 0.3 is 0 Å². The molecular formula is C24H33N3O. The topological polar surface area (TPSA) is 47.3 Å². The first-order valence-corrected chi connectivity index (χ1v) is 9.51. The molecule has 1 fully saturated rings. The van der Waals surface area contributed by atoms with E-state index in [4.69, 9.17) is 5.26 Å². The zero-order valence-corrected chi connectivity index (χ0v) is 17.6. The summed E-state index contributed by atoms with van der Waals surface area (Å²) in [5.74, 6) is -0.120. The monoisotopic (exact) mass is 379 g/mol. The van der Waals surface area contributed by atoms with Crippen molar-refractivity contribution < 1.29 is 4.79 Å². The third-order valence-corrected chi connectivity index (χ3v) is 5.13. The van der Waals surface area contributed by atoms with Crippen LogP contribution in [0.15, 0.2) is 72.9 Å². The van der Waals surface area contributed by atoms with E-state index in [-0.39, 0.29) is 11.3 Å². The van der Waals surface area contributed by atoms with Crippen molar-refractivity contribution in [3.8, 4) is 6.07 Å². The summed E-state index contributed by atoms with van der Waals surface area (Å²) >= 11 is 0. The quantitative estimate of drug-likeness (QED) is 0.440. The molecule has 0 bridgehead atoms. The van der Waals surface area contributed by atoms with Crippen LogP contribution >= 0.6 is 0 Å². The average Bonchev–Trinajstić information content (AvgIpc) is 2.65. The number of allylic oxidation sites excluding steroid dienone is 4. The molecular weight excluding hydrogens is 346 g/mol. The Kier molecular flexibility index (Phi) is 8.88. The lowest BCUT2D eigenvalue weighted by Crippen LogP contribution is -2.39. The highest BCUT2D eigenvalue weighted by Crippen LogP contribution is 2.34. The number of likely N-dealkylation sites (N-methyl/N-ethyl adjacent to an activating group) is 1. The molecule has 0 aliphatic carbocycles. The second-order valence-electron chi connectivity index (χ2n) is 7.97. The summed E-state index contributed by atoms with van der Waals surface area (Å²) in [5, 5.41) is 8.96. The minimum absolute atomic E-state index is 0.120. The van der Waals surface area contributed by atoms with Crippen LogP contribution in [0.3, 0.4) is 0 Å². The van der Waals surface area contributed by atoms with Crippen LogP contribution in [-0.2, 0) is 4.79 Å². The van der Waals surface area contributed by atoms with Crippen LogP contribution in [0.4, 0.5) is 0 Å². The molecule has 1 saturated heterocycles. The van der Waals surface area contributed by atoms with Crippen LogP contribution in [0.1, 0.15) is 26.2 Å². The first kappa shape index (κ1) is 23.4. The van der Waals surface area contributed by atoms with Gasteiger partial charge in [-0.15, -0.1) is 0 Å². The summed E-state index contributed by atoms with van der Waals surface area (Å²) in [6.45, 7) is 20.8. The molecule has 0 atom stereocenters. The molecule has 0 N–H and O–H groups in total. The number of nitriles is 1. The van der Waals surface area contributed by atoms with Gasteiger partial charge in [-0.05, 0) is 54.1 Å². The molecule has 1 heterocycles. The first-order chi connectivity index (χ1) is 13.1. The molecule has 0 radical (unpaired) electrons. The Bertz CT molecular complexity index is 738. The molecule has 1 aliphatic rings. The highest BCUT2D eigenvalue weighted by molar-refractivity contribution is 5.96. The molecule has 4 nitrogen and oxygen atoms in total. The van der Waals surface area contributed by atoms with Crippen molar-refractivity contribution in [3.63, 3.8) is 0 Å². The van der Waals surface area contributed by atoms with E-state index in [1.807, 2.05) is 12.2 Å². The number of hydrogen-bond donors (Lipinski definition) is 0. The summed E-state index contributed by atoms with van der Waals surface area (Å²) in [6.07, 6.45) is 9.76. The number of rotatable bonds is 9. The van der Waals surface area contributed by atoms with Gasteiger partial charge in [-0.2, -0.15) is 5.26 Å².